The average Bonchev–Trinajstić information content (AvgIpc) is 2.77. The Morgan fingerprint density at radius 2 is 2.06 bits per heavy atom. The second-order valence-electron chi connectivity index (χ2n) is 4.47. The number of rotatable bonds is 5. The average molecular weight is 245 g/mol. The Morgan fingerprint density at radius 1 is 1.28 bits per heavy atom. The third kappa shape index (κ3) is 2.40. The van der Waals surface area contributed by atoms with Crippen LogP contribution in [0.1, 0.15) is 42.2 Å². The number of carbonyl (C=O) groups excluding carboxylic acids is 1. The Morgan fingerprint density at radius 3 is 2.78 bits per heavy atom. The van der Waals surface area contributed by atoms with Gasteiger partial charge in [0.25, 0.3) is 0 Å². The molecule has 1 aromatic heterocycles. The van der Waals surface area contributed by atoms with Crippen LogP contribution in [-0.2, 0) is 11.2 Å². The summed E-state index contributed by atoms with van der Waals surface area (Å²) in [5.74, 6) is -0.280. The number of fused-ring (bicyclic) bond motifs is 1. The highest BCUT2D eigenvalue weighted by molar-refractivity contribution is 5.98. The molecule has 0 fully saturated rings. The molecule has 0 spiro atoms. The molecule has 0 aliphatic carbocycles. The maximum atomic E-state index is 11.8. The maximum absolute atomic E-state index is 11.8. The first kappa shape index (κ1) is 12.7. The standard InChI is InChI=1S/C15H19NO2/c1-3-4-5-9-12-11-8-6-7-10-13(11)16-14(12)15(17)18-2/h6-8,10,16H,3-5,9H2,1-2H3. The smallest absolute Gasteiger partial charge is 0.354 e. The molecule has 1 heterocycles. The fraction of sp³-hybridized carbons (Fsp3) is 0.400. The van der Waals surface area contributed by atoms with Gasteiger partial charge in [-0.2, -0.15) is 0 Å². The molecule has 1 N–H and O–H groups in total. The molecule has 0 aliphatic heterocycles. The van der Waals surface area contributed by atoms with Gasteiger partial charge in [-0.3, -0.25) is 0 Å². The third-order valence-corrected chi connectivity index (χ3v) is 3.23. The van der Waals surface area contributed by atoms with Gasteiger partial charge in [0.1, 0.15) is 5.69 Å². The van der Waals surface area contributed by atoms with Gasteiger partial charge < -0.3 is 9.72 Å². The van der Waals surface area contributed by atoms with Crippen LogP contribution in [0.15, 0.2) is 24.3 Å². The summed E-state index contributed by atoms with van der Waals surface area (Å²) >= 11 is 0. The quantitative estimate of drug-likeness (QED) is 0.645. The van der Waals surface area contributed by atoms with Gasteiger partial charge >= 0.3 is 5.97 Å². The number of H-pyrrole nitrogens is 1. The highest BCUT2D eigenvalue weighted by Crippen LogP contribution is 2.24. The summed E-state index contributed by atoms with van der Waals surface area (Å²) in [4.78, 5) is 15.0. The van der Waals surface area contributed by atoms with Gasteiger partial charge in [-0.05, 0) is 24.5 Å². The van der Waals surface area contributed by atoms with Crippen LogP contribution >= 0.6 is 0 Å². The van der Waals surface area contributed by atoms with Crippen molar-refractivity contribution in [3.8, 4) is 0 Å². The van der Waals surface area contributed by atoms with Crippen molar-refractivity contribution in [1.82, 2.24) is 4.98 Å². The number of para-hydroxylation sites is 1. The molecule has 2 rings (SSSR count). The van der Waals surface area contributed by atoms with Crippen molar-refractivity contribution >= 4 is 16.9 Å². The SMILES string of the molecule is CCCCCc1c(C(=O)OC)[nH]c2ccccc12. The highest BCUT2D eigenvalue weighted by Gasteiger charge is 2.17. The first-order valence-electron chi connectivity index (χ1n) is 6.45. The van der Waals surface area contributed by atoms with Crippen LogP contribution in [0.4, 0.5) is 0 Å². The van der Waals surface area contributed by atoms with Crippen LogP contribution in [-0.4, -0.2) is 18.1 Å². The minimum absolute atomic E-state index is 0.280. The number of hydrogen-bond acceptors (Lipinski definition) is 2. The van der Waals surface area contributed by atoms with Crippen molar-refractivity contribution in [2.75, 3.05) is 7.11 Å². The third-order valence-electron chi connectivity index (χ3n) is 3.23. The molecular formula is C15H19NO2. The Labute approximate surface area is 107 Å². The van der Waals surface area contributed by atoms with Crippen molar-refractivity contribution in [1.29, 1.82) is 0 Å². The van der Waals surface area contributed by atoms with E-state index in [1.807, 2.05) is 18.2 Å². The number of esters is 1. The Kier molecular flexibility index (Phi) is 4.03. The van der Waals surface area contributed by atoms with E-state index in [1.165, 1.54) is 20.0 Å². The Balaban J connectivity index is 2.41. The van der Waals surface area contributed by atoms with Gasteiger partial charge in [-0.25, -0.2) is 4.79 Å². The number of methoxy groups -OCH3 is 1. The van der Waals surface area contributed by atoms with E-state index in [0.717, 1.165) is 29.3 Å². The topological polar surface area (TPSA) is 42.1 Å². The molecule has 0 saturated heterocycles. The lowest BCUT2D eigenvalue weighted by Gasteiger charge is -2.02. The zero-order valence-electron chi connectivity index (χ0n) is 11.0. The minimum atomic E-state index is -0.280. The summed E-state index contributed by atoms with van der Waals surface area (Å²) in [5, 5.41) is 1.13. The molecule has 3 nitrogen and oxygen atoms in total. The molecule has 0 aliphatic rings. The molecule has 2 aromatic rings. The normalized spacial score (nSPS) is 10.8. The number of benzene rings is 1. The van der Waals surface area contributed by atoms with Crippen LogP contribution in [0.2, 0.25) is 0 Å². The summed E-state index contributed by atoms with van der Waals surface area (Å²) in [6, 6.07) is 8.01. The minimum Gasteiger partial charge on any atom is -0.464 e. The van der Waals surface area contributed by atoms with E-state index in [2.05, 4.69) is 18.0 Å². The predicted molar refractivity (Wildman–Crippen MR) is 72.9 cm³/mol. The molecule has 0 unspecified atom stereocenters. The largest absolute Gasteiger partial charge is 0.464 e. The molecule has 0 bridgehead atoms. The number of nitrogens with one attached hydrogen (secondary N) is 1. The van der Waals surface area contributed by atoms with Crippen molar-refractivity contribution in [2.24, 2.45) is 0 Å². The molecule has 1 aromatic carbocycles. The molecule has 96 valence electrons. The summed E-state index contributed by atoms with van der Waals surface area (Å²) in [5.41, 5.74) is 2.70. The van der Waals surface area contributed by atoms with Crippen molar-refractivity contribution in [3.05, 3.63) is 35.5 Å². The zero-order valence-corrected chi connectivity index (χ0v) is 11.0. The van der Waals surface area contributed by atoms with Crippen molar-refractivity contribution in [3.63, 3.8) is 0 Å². The van der Waals surface area contributed by atoms with Gasteiger partial charge in [0.05, 0.1) is 7.11 Å². The molecule has 0 radical (unpaired) electrons. The number of aromatic nitrogens is 1. The van der Waals surface area contributed by atoms with E-state index >= 15 is 0 Å². The second kappa shape index (κ2) is 5.71. The molecule has 0 atom stereocenters. The van der Waals surface area contributed by atoms with E-state index in [1.54, 1.807) is 0 Å². The lowest BCUT2D eigenvalue weighted by Crippen LogP contribution is -2.05. The van der Waals surface area contributed by atoms with Gasteiger partial charge in [0.15, 0.2) is 0 Å². The van der Waals surface area contributed by atoms with Crippen LogP contribution < -0.4 is 0 Å². The first-order chi connectivity index (χ1) is 8.77. The van der Waals surface area contributed by atoms with E-state index < -0.39 is 0 Å². The summed E-state index contributed by atoms with van der Waals surface area (Å²) in [6.07, 6.45) is 4.38. The van der Waals surface area contributed by atoms with Gasteiger partial charge in [-0.15, -0.1) is 0 Å². The lowest BCUT2D eigenvalue weighted by atomic mass is 10.0. The molecule has 0 saturated carbocycles. The Hall–Kier alpha value is -1.77. The number of ether oxygens (including phenoxy) is 1. The number of aryl methyl sites for hydroxylation is 1. The van der Waals surface area contributed by atoms with Gasteiger partial charge in [0.2, 0.25) is 0 Å². The van der Waals surface area contributed by atoms with E-state index in [4.69, 9.17) is 4.74 Å². The number of unbranched alkanes of at least 4 members (excludes halogenated alkanes) is 2. The summed E-state index contributed by atoms with van der Waals surface area (Å²) in [7, 11) is 1.42. The predicted octanol–water partition coefficient (Wildman–Crippen LogP) is 3.69. The zero-order chi connectivity index (χ0) is 13.0. The van der Waals surface area contributed by atoms with E-state index in [0.29, 0.717) is 5.69 Å². The number of carbonyl (C=O) groups is 1. The highest BCUT2D eigenvalue weighted by atomic mass is 16.5. The van der Waals surface area contributed by atoms with Gasteiger partial charge in [-0.1, -0.05) is 38.0 Å². The maximum Gasteiger partial charge on any atom is 0.354 e. The molecule has 18 heavy (non-hydrogen) atoms. The summed E-state index contributed by atoms with van der Waals surface area (Å²) in [6.45, 7) is 2.18. The second-order valence-corrected chi connectivity index (χ2v) is 4.47. The first-order valence-corrected chi connectivity index (χ1v) is 6.45. The fourth-order valence-electron chi connectivity index (χ4n) is 2.29. The monoisotopic (exact) mass is 245 g/mol. The van der Waals surface area contributed by atoms with Crippen molar-refractivity contribution < 1.29 is 9.53 Å². The lowest BCUT2D eigenvalue weighted by molar-refractivity contribution is 0.0594. The number of hydrogen-bond donors (Lipinski definition) is 1. The van der Waals surface area contributed by atoms with Crippen LogP contribution in [0.25, 0.3) is 10.9 Å². The summed E-state index contributed by atoms with van der Waals surface area (Å²) < 4.78 is 4.84. The fourth-order valence-corrected chi connectivity index (χ4v) is 2.29. The van der Waals surface area contributed by atoms with E-state index in [9.17, 15) is 4.79 Å². The van der Waals surface area contributed by atoms with E-state index in [-0.39, 0.29) is 5.97 Å². The molecule has 3 heteroatoms. The van der Waals surface area contributed by atoms with Gasteiger partial charge in [0, 0.05) is 10.9 Å². The molecular weight excluding hydrogens is 226 g/mol. The number of aromatic amines is 1. The Bertz CT molecular complexity index is 542. The van der Waals surface area contributed by atoms with Crippen LogP contribution in [0.3, 0.4) is 0 Å². The van der Waals surface area contributed by atoms with Crippen LogP contribution in [0.5, 0.6) is 0 Å². The molecule has 0 amide bonds. The van der Waals surface area contributed by atoms with Crippen molar-refractivity contribution in [2.45, 2.75) is 32.6 Å². The van der Waals surface area contributed by atoms with Crippen LogP contribution in [0, 0.1) is 0 Å².